The molecule has 0 nitrogen and oxygen atoms in total. The second-order valence-corrected chi connectivity index (χ2v) is 4.76. The van der Waals surface area contributed by atoms with Crippen LogP contribution in [0.3, 0.4) is 0 Å². The number of rotatable bonds is 2. The Morgan fingerprint density at radius 2 is 2.10 bits per heavy atom. The summed E-state index contributed by atoms with van der Waals surface area (Å²) in [7, 11) is 14.1. The summed E-state index contributed by atoms with van der Waals surface area (Å²) >= 11 is 0. The molecule has 0 aromatic carbocycles. The molecule has 0 aromatic rings. The molecule has 0 saturated carbocycles. The van der Waals surface area contributed by atoms with Crippen LogP contribution < -0.4 is 0 Å². The number of halogens is 2. The average Bonchev–Trinajstić information content (AvgIpc) is 2.04. The molecule has 0 fully saturated rings. The Labute approximate surface area is 78.7 Å². The summed E-state index contributed by atoms with van der Waals surface area (Å²) in [5.41, 5.74) is 0. The van der Waals surface area contributed by atoms with Crippen LogP contribution in [0.4, 0.5) is 0 Å². The largest absolute Gasteiger partial charge is 0.0873 e. The molecular weight excluding hydrogens is 207 g/mol. The minimum atomic E-state index is 0.401. The van der Waals surface area contributed by atoms with Crippen molar-refractivity contribution < 1.29 is 0 Å². The number of allylic oxidation sites excluding steroid dienone is 1. The predicted molar refractivity (Wildman–Crippen MR) is 52.8 cm³/mol. The van der Waals surface area contributed by atoms with Gasteiger partial charge in [-0.05, 0) is 45.2 Å². The Bertz CT molecular complexity index is 127. The van der Waals surface area contributed by atoms with Gasteiger partial charge < -0.3 is 0 Å². The van der Waals surface area contributed by atoms with Crippen LogP contribution in [0.1, 0.15) is 12.8 Å². The second kappa shape index (κ2) is 4.81. The minimum absolute atomic E-state index is 0.401. The van der Waals surface area contributed by atoms with E-state index in [0.29, 0.717) is 10.5 Å². The lowest BCUT2D eigenvalue weighted by Gasteiger charge is -2.21. The highest BCUT2D eigenvalue weighted by Gasteiger charge is 2.21. The summed E-state index contributed by atoms with van der Waals surface area (Å²) < 4.78 is 0. The molecule has 0 aromatic heterocycles. The van der Waals surface area contributed by atoms with E-state index in [9.17, 15) is 0 Å². The third-order valence-electron chi connectivity index (χ3n) is 1.53. The minimum Gasteiger partial charge on any atom is -0.0873 e. The van der Waals surface area contributed by atoms with Crippen LogP contribution >= 0.6 is 43.3 Å². The van der Waals surface area contributed by atoms with Gasteiger partial charge in [-0.25, -0.2) is 0 Å². The molecule has 0 bridgehead atoms. The zero-order valence-electron chi connectivity index (χ0n) is 5.30. The Morgan fingerprint density at radius 1 is 1.30 bits per heavy atom. The van der Waals surface area contributed by atoms with Gasteiger partial charge in [-0.2, -0.15) is 0 Å². The topological polar surface area (TPSA) is 0 Å². The Hall–Kier alpha value is 1.02. The van der Waals surface area contributed by atoms with E-state index in [-0.39, 0.29) is 0 Å². The molecule has 4 heteroatoms. The van der Waals surface area contributed by atoms with Gasteiger partial charge in [0, 0.05) is 5.25 Å². The Kier molecular flexibility index (Phi) is 4.38. The van der Waals surface area contributed by atoms with Crippen molar-refractivity contribution in [3.8, 4) is 0 Å². The molecule has 0 radical (unpaired) electrons. The van der Waals surface area contributed by atoms with E-state index in [0.717, 1.165) is 12.8 Å². The summed E-state index contributed by atoms with van der Waals surface area (Å²) in [6.45, 7) is 0. The smallest absolute Gasteiger partial charge is 0.0510 e. The molecule has 1 aliphatic carbocycles. The molecule has 1 rings (SSSR count). The first kappa shape index (κ1) is 9.11. The van der Waals surface area contributed by atoms with Gasteiger partial charge in [0.05, 0.1) is 5.25 Å². The zero-order chi connectivity index (χ0) is 7.40. The molecule has 0 heterocycles. The van der Waals surface area contributed by atoms with E-state index >= 15 is 0 Å². The van der Waals surface area contributed by atoms with E-state index in [2.05, 4.69) is 12.2 Å². The molecule has 0 amide bonds. The van der Waals surface area contributed by atoms with Crippen molar-refractivity contribution in [2.75, 3.05) is 0 Å². The zero-order valence-corrected chi connectivity index (χ0v) is 8.44. The molecule has 58 valence electrons. The van der Waals surface area contributed by atoms with Crippen LogP contribution in [0.5, 0.6) is 0 Å². The average molecular weight is 215 g/mol. The molecule has 0 saturated heterocycles. The maximum absolute atomic E-state index is 5.66. The second-order valence-electron chi connectivity index (χ2n) is 2.19. The van der Waals surface area contributed by atoms with Crippen LogP contribution in [-0.4, -0.2) is 10.5 Å². The fourth-order valence-electron chi connectivity index (χ4n) is 0.961. The maximum Gasteiger partial charge on any atom is 0.0510 e. The van der Waals surface area contributed by atoms with Gasteiger partial charge >= 0.3 is 0 Å². The van der Waals surface area contributed by atoms with Gasteiger partial charge in [0.25, 0.3) is 0 Å². The van der Waals surface area contributed by atoms with Crippen molar-refractivity contribution in [2.45, 2.75) is 23.3 Å². The molecule has 1 aliphatic rings. The van der Waals surface area contributed by atoms with E-state index in [1.54, 1.807) is 0 Å². The maximum atomic E-state index is 5.66. The summed E-state index contributed by atoms with van der Waals surface area (Å²) in [6, 6.07) is 0. The highest BCUT2D eigenvalue weighted by atomic mass is 35.7. The van der Waals surface area contributed by atoms with E-state index in [1.165, 1.54) is 22.0 Å². The van der Waals surface area contributed by atoms with Gasteiger partial charge in [-0.1, -0.05) is 23.1 Å². The highest BCUT2D eigenvalue weighted by molar-refractivity contribution is 8.24. The first-order valence-electron chi connectivity index (χ1n) is 3.10. The van der Waals surface area contributed by atoms with Crippen molar-refractivity contribution in [1.82, 2.24) is 0 Å². The Morgan fingerprint density at radius 3 is 2.60 bits per heavy atom. The van der Waals surface area contributed by atoms with Gasteiger partial charge in [0.15, 0.2) is 0 Å². The lowest BCUT2D eigenvalue weighted by atomic mass is 10.1. The summed E-state index contributed by atoms with van der Waals surface area (Å²) in [4.78, 5) is 0. The monoisotopic (exact) mass is 214 g/mol. The third-order valence-corrected chi connectivity index (χ3v) is 4.45. The van der Waals surface area contributed by atoms with Crippen molar-refractivity contribution in [3.05, 3.63) is 12.2 Å². The summed E-state index contributed by atoms with van der Waals surface area (Å²) in [6.07, 6.45) is 6.60. The predicted octanol–water partition coefficient (Wildman–Crippen LogP) is 3.85. The van der Waals surface area contributed by atoms with Gasteiger partial charge in [-0.15, -0.1) is 0 Å². The number of hydrogen-bond donors (Lipinski definition) is 0. The van der Waals surface area contributed by atoms with Crippen LogP contribution in [0.25, 0.3) is 0 Å². The molecule has 0 spiro atoms. The standard InChI is InChI=1S/C6H8Cl2S2/c7-9-5-3-1-2-4-6(5)10-8/h1,3,5-6H,2,4H2. The molecule has 2 unspecified atom stereocenters. The normalized spacial score (nSPS) is 32.6. The molecule has 10 heavy (non-hydrogen) atoms. The lowest BCUT2D eigenvalue weighted by molar-refractivity contribution is 0.764. The van der Waals surface area contributed by atoms with E-state index in [4.69, 9.17) is 21.4 Å². The highest BCUT2D eigenvalue weighted by Crippen LogP contribution is 2.35. The van der Waals surface area contributed by atoms with Crippen molar-refractivity contribution in [2.24, 2.45) is 0 Å². The van der Waals surface area contributed by atoms with Crippen LogP contribution in [0.15, 0.2) is 12.2 Å². The van der Waals surface area contributed by atoms with Crippen LogP contribution in [-0.2, 0) is 0 Å². The van der Waals surface area contributed by atoms with Crippen LogP contribution in [0, 0.1) is 0 Å². The Balaban J connectivity index is 2.47. The van der Waals surface area contributed by atoms with Crippen molar-refractivity contribution in [1.29, 1.82) is 0 Å². The van der Waals surface area contributed by atoms with E-state index in [1.807, 2.05) is 0 Å². The first-order valence-corrected chi connectivity index (χ1v) is 6.51. The fraction of sp³-hybridized carbons (Fsp3) is 0.667. The summed E-state index contributed by atoms with van der Waals surface area (Å²) in [5, 5.41) is 0.895. The van der Waals surface area contributed by atoms with Crippen molar-refractivity contribution >= 4 is 43.3 Å². The van der Waals surface area contributed by atoms with Crippen LogP contribution in [0.2, 0.25) is 0 Å². The molecule has 2 atom stereocenters. The van der Waals surface area contributed by atoms with Crippen molar-refractivity contribution in [3.63, 3.8) is 0 Å². The first-order chi connectivity index (χ1) is 4.88. The fourth-order valence-corrected chi connectivity index (χ4v) is 3.65. The quantitative estimate of drug-likeness (QED) is 0.641. The third kappa shape index (κ3) is 2.26. The number of hydrogen-bond acceptors (Lipinski definition) is 2. The summed E-state index contributed by atoms with van der Waals surface area (Å²) in [5.74, 6) is 0. The SMILES string of the molecule is ClSC1C=CCCC1SCl. The van der Waals surface area contributed by atoms with Gasteiger partial charge in [0.2, 0.25) is 0 Å². The van der Waals surface area contributed by atoms with E-state index < -0.39 is 0 Å². The molecule has 0 N–H and O–H groups in total. The molecule has 0 aliphatic heterocycles. The molecular formula is C6H8Cl2S2. The van der Waals surface area contributed by atoms with Gasteiger partial charge in [0.1, 0.15) is 0 Å². The lowest BCUT2D eigenvalue weighted by Crippen LogP contribution is -2.18. The van der Waals surface area contributed by atoms with Gasteiger partial charge in [-0.3, -0.25) is 0 Å².